The van der Waals surface area contributed by atoms with Gasteiger partial charge in [0.05, 0.1) is 10.4 Å². The van der Waals surface area contributed by atoms with Gasteiger partial charge in [-0.15, -0.1) is 0 Å². The Morgan fingerprint density at radius 3 is 2.67 bits per heavy atom. The number of halogens is 1. The number of benzene rings is 2. The van der Waals surface area contributed by atoms with Gasteiger partial charge in [0, 0.05) is 29.8 Å². The van der Waals surface area contributed by atoms with Crippen molar-refractivity contribution in [1.29, 1.82) is 0 Å². The molecule has 0 aliphatic rings. The molecule has 0 amide bonds. The number of nitro benzene ring substituents is 1. The molecule has 1 N–H and O–H groups in total. The molecule has 0 aliphatic carbocycles. The molecule has 0 unspecified atom stereocenters. The average molecular weight is 342 g/mol. The number of anilines is 1. The van der Waals surface area contributed by atoms with Crippen LogP contribution in [0.3, 0.4) is 0 Å². The minimum Gasteiger partial charge on any atom is -0.384 e. The Kier molecular flexibility index (Phi) is 4.62. The maximum atomic E-state index is 10.7. The van der Waals surface area contributed by atoms with Crippen molar-refractivity contribution < 1.29 is 4.92 Å². The van der Waals surface area contributed by atoms with Crippen LogP contribution in [0.4, 0.5) is 11.4 Å². The zero-order valence-corrected chi connectivity index (χ0v) is 13.9. The van der Waals surface area contributed by atoms with Gasteiger partial charge in [0.2, 0.25) is 0 Å². The highest BCUT2D eigenvalue weighted by atomic mass is 35.5. The van der Waals surface area contributed by atoms with Crippen molar-refractivity contribution in [3.05, 3.63) is 74.9 Å². The number of para-hydroxylation sites is 1. The predicted octanol–water partition coefficient (Wildman–Crippen LogP) is 4.76. The van der Waals surface area contributed by atoms with Gasteiger partial charge in [-0.2, -0.15) is 0 Å². The topological polar surface area (TPSA) is 68.1 Å². The van der Waals surface area contributed by atoms with Gasteiger partial charge >= 0.3 is 0 Å². The first-order chi connectivity index (χ1) is 11.5. The van der Waals surface area contributed by atoms with Crippen molar-refractivity contribution in [3.63, 3.8) is 0 Å². The number of nitro groups is 1. The second kappa shape index (κ2) is 6.84. The second-order valence-corrected chi connectivity index (χ2v) is 5.95. The van der Waals surface area contributed by atoms with E-state index in [9.17, 15) is 10.1 Å². The van der Waals surface area contributed by atoms with Crippen LogP contribution >= 0.6 is 11.6 Å². The lowest BCUT2D eigenvalue weighted by molar-refractivity contribution is -0.384. The van der Waals surface area contributed by atoms with Crippen LogP contribution in [0.2, 0.25) is 5.15 Å². The minimum atomic E-state index is -0.393. The fraction of sp³-hybridized carbons (Fsp3) is 0.167. The molecule has 0 bridgehead atoms. The molecule has 24 heavy (non-hydrogen) atoms. The zero-order valence-electron chi connectivity index (χ0n) is 13.1. The lowest BCUT2D eigenvalue weighted by Gasteiger charge is -2.11. The quantitative estimate of drug-likeness (QED) is 0.412. The SMILES string of the molecule is Cc1cccc2c(NCCc3ccc([N+](=O)[O-])cc3)cc(Cl)nc12. The third-order valence-electron chi connectivity index (χ3n) is 3.89. The number of nitrogens with zero attached hydrogens (tertiary/aromatic N) is 2. The van der Waals surface area contributed by atoms with Gasteiger partial charge in [-0.25, -0.2) is 4.98 Å². The molecular weight excluding hydrogens is 326 g/mol. The maximum Gasteiger partial charge on any atom is 0.269 e. The molecule has 6 heteroatoms. The van der Waals surface area contributed by atoms with E-state index in [2.05, 4.69) is 10.3 Å². The lowest BCUT2D eigenvalue weighted by atomic mass is 10.1. The molecule has 5 nitrogen and oxygen atoms in total. The second-order valence-electron chi connectivity index (χ2n) is 5.56. The van der Waals surface area contributed by atoms with Crippen molar-refractivity contribution in [2.24, 2.45) is 0 Å². The van der Waals surface area contributed by atoms with E-state index >= 15 is 0 Å². The summed E-state index contributed by atoms with van der Waals surface area (Å²) >= 11 is 6.12. The van der Waals surface area contributed by atoms with Crippen LogP contribution in [0.25, 0.3) is 10.9 Å². The van der Waals surface area contributed by atoms with Crippen LogP contribution in [0.15, 0.2) is 48.5 Å². The highest BCUT2D eigenvalue weighted by Crippen LogP contribution is 2.27. The van der Waals surface area contributed by atoms with Gasteiger partial charge in [-0.05, 0) is 30.5 Å². The first-order valence-corrected chi connectivity index (χ1v) is 7.95. The Hall–Kier alpha value is -2.66. The Labute approximate surface area is 144 Å². The summed E-state index contributed by atoms with van der Waals surface area (Å²) in [4.78, 5) is 14.7. The summed E-state index contributed by atoms with van der Waals surface area (Å²) in [6.07, 6.45) is 0.755. The highest BCUT2D eigenvalue weighted by molar-refractivity contribution is 6.30. The fourth-order valence-electron chi connectivity index (χ4n) is 2.63. The lowest BCUT2D eigenvalue weighted by Crippen LogP contribution is -2.06. The van der Waals surface area contributed by atoms with Gasteiger partial charge in [0.25, 0.3) is 5.69 Å². The van der Waals surface area contributed by atoms with Crippen LogP contribution in [0.5, 0.6) is 0 Å². The van der Waals surface area contributed by atoms with Gasteiger partial charge < -0.3 is 5.32 Å². The molecule has 3 rings (SSSR count). The summed E-state index contributed by atoms with van der Waals surface area (Å²) in [7, 11) is 0. The number of hydrogen-bond donors (Lipinski definition) is 1. The molecule has 0 saturated heterocycles. The summed E-state index contributed by atoms with van der Waals surface area (Å²) < 4.78 is 0. The van der Waals surface area contributed by atoms with E-state index < -0.39 is 4.92 Å². The summed E-state index contributed by atoms with van der Waals surface area (Å²) in [5.41, 5.74) is 4.05. The van der Waals surface area contributed by atoms with Crippen LogP contribution in [-0.4, -0.2) is 16.5 Å². The smallest absolute Gasteiger partial charge is 0.269 e. The Bertz CT molecular complexity index is 895. The third-order valence-corrected chi connectivity index (χ3v) is 4.08. The van der Waals surface area contributed by atoms with Crippen LogP contribution in [-0.2, 0) is 6.42 Å². The highest BCUT2D eigenvalue weighted by Gasteiger charge is 2.07. The summed E-state index contributed by atoms with van der Waals surface area (Å²) in [6.45, 7) is 2.70. The van der Waals surface area contributed by atoms with Gasteiger partial charge in [0.1, 0.15) is 5.15 Å². The number of pyridine rings is 1. The van der Waals surface area contributed by atoms with Gasteiger partial charge in [-0.3, -0.25) is 10.1 Å². The first-order valence-electron chi connectivity index (χ1n) is 7.57. The van der Waals surface area contributed by atoms with Crippen LogP contribution in [0.1, 0.15) is 11.1 Å². The number of aromatic nitrogens is 1. The largest absolute Gasteiger partial charge is 0.384 e. The van der Waals surface area contributed by atoms with E-state index in [4.69, 9.17) is 11.6 Å². The third kappa shape index (κ3) is 3.46. The number of rotatable bonds is 5. The number of aryl methyl sites for hydroxylation is 1. The Balaban J connectivity index is 1.74. The fourth-order valence-corrected chi connectivity index (χ4v) is 2.83. The number of non-ortho nitro benzene ring substituents is 1. The van der Waals surface area contributed by atoms with E-state index in [1.165, 1.54) is 12.1 Å². The zero-order chi connectivity index (χ0) is 17.1. The van der Waals surface area contributed by atoms with Crippen molar-refractivity contribution >= 4 is 33.9 Å². The number of nitrogens with one attached hydrogen (secondary N) is 1. The van der Waals surface area contributed by atoms with E-state index in [1.54, 1.807) is 12.1 Å². The van der Waals surface area contributed by atoms with Crippen molar-refractivity contribution in [2.75, 3.05) is 11.9 Å². The molecule has 0 radical (unpaired) electrons. The molecule has 2 aromatic carbocycles. The molecule has 0 fully saturated rings. The standard InChI is InChI=1S/C18H16ClN3O2/c1-12-3-2-4-15-16(11-17(19)21-18(12)15)20-10-9-13-5-7-14(8-6-13)22(23)24/h2-8,11H,9-10H2,1H3,(H,20,21). The molecular formula is C18H16ClN3O2. The molecule has 122 valence electrons. The molecule has 0 saturated carbocycles. The van der Waals surface area contributed by atoms with Crippen molar-refractivity contribution in [3.8, 4) is 0 Å². The number of hydrogen-bond acceptors (Lipinski definition) is 4. The predicted molar refractivity (Wildman–Crippen MR) is 96.8 cm³/mol. The van der Waals surface area contributed by atoms with E-state index in [0.29, 0.717) is 11.7 Å². The van der Waals surface area contributed by atoms with Crippen LogP contribution in [0, 0.1) is 17.0 Å². The normalized spacial score (nSPS) is 10.8. The molecule has 0 spiro atoms. The summed E-state index contributed by atoms with van der Waals surface area (Å²) in [5.74, 6) is 0. The molecule has 1 aromatic heterocycles. The molecule has 3 aromatic rings. The summed E-state index contributed by atoms with van der Waals surface area (Å²) in [5, 5.41) is 15.5. The monoisotopic (exact) mass is 341 g/mol. The van der Waals surface area contributed by atoms with E-state index in [0.717, 1.165) is 34.1 Å². The number of fused-ring (bicyclic) bond motifs is 1. The summed E-state index contributed by atoms with van der Waals surface area (Å²) in [6, 6.07) is 14.4. The van der Waals surface area contributed by atoms with E-state index in [1.807, 2.05) is 31.2 Å². The molecule has 1 heterocycles. The van der Waals surface area contributed by atoms with Gasteiger partial charge in [-0.1, -0.05) is 41.9 Å². The first kappa shape index (κ1) is 16.2. The maximum absolute atomic E-state index is 10.7. The Morgan fingerprint density at radius 2 is 1.96 bits per heavy atom. The Morgan fingerprint density at radius 1 is 1.21 bits per heavy atom. The van der Waals surface area contributed by atoms with Gasteiger partial charge in [0.15, 0.2) is 0 Å². The minimum absolute atomic E-state index is 0.106. The average Bonchev–Trinajstić information content (AvgIpc) is 2.56. The molecule has 0 aliphatic heterocycles. The van der Waals surface area contributed by atoms with Crippen molar-refractivity contribution in [2.45, 2.75) is 13.3 Å². The van der Waals surface area contributed by atoms with Crippen molar-refractivity contribution in [1.82, 2.24) is 4.98 Å². The van der Waals surface area contributed by atoms with Crippen LogP contribution < -0.4 is 5.32 Å². The molecule has 0 atom stereocenters. The van der Waals surface area contributed by atoms with E-state index in [-0.39, 0.29) is 5.69 Å².